The van der Waals surface area contributed by atoms with Crippen LogP contribution < -0.4 is 5.32 Å². The monoisotopic (exact) mass is 1140 g/mol. The van der Waals surface area contributed by atoms with Crippen molar-refractivity contribution in [1.29, 1.82) is 0 Å². The van der Waals surface area contributed by atoms with E-state index >= 15 is 0 Å². The maximum Gasteiger partial charge on any atom is 0.305 e. The first-order chi connectivity index (χ1) is 40.0. The topological polar surface area (TPSA) is 95.9 Å². The summed E-state index contributed by atoms with van der Waals surface area (Å²) in [7, 11) is 0. The maximum atomic E-state index is 12.5. The molecule has 0 heterocycles. The Balaban J connectivity index is 3.32. The fourth-order valence-corrected chi connectivity index (χ4v) is 11.9. The molecule has 0 aliphatic rings. The number of ether oxygens (including phenoxy) is 1. The van der Waals surface area contributed by atoms with Crippen LogP contribution in [0.25, 0.3) is 0 Å². The molecule has 0 radical (unpaired) electrons. The number of allylic oxidation sites excluding steroid dienone is 4. The van der Waals surface area contributed by atoms with Gasteiger partial charge in [0.1, 0.15) is 0 Å². The summed E-state index contributed by atoms with van der Waals surface area (Å²) in [5.41, 5.74) is 0. The molecule has 0 aliphatic carbocycles. The molecule has 0 saturated heterocycles. The van der Waals surface area contributed by atoms with E-state index in [1.54, 1.807) is 0 Å². The predicted octanol–water partition coefficient (Wildman–Crippen LogP) is 24.1. The van der Waals surface area contributed by atoms with Crippen molar-refractivity contribution in [2.75, 3.05) is 13.2 Å². The lowest BCUT2D eigenvalue weighted by Crippen LogP contribution is -2.45. The number of aliphatic hydroxyl groups excluding tert-OH is 2. The fraction of sp³-hybridized carbons (Fsp3) is 0.920. The normalized spacial score (nSPS) is 12.6. The zero-order valence-electron chi connectivity index (χ0n) is 55.0. The van der Waals surface area contributed by atoms with E-state index in [-0.39, 0.29) is 18.5 Å². The highest BCUT2D eigenvalue weighted by atomic mass is 16.5. The molecule has 0 aromatic rings. The van der Waals surface area contributed by atoms with Gasteiger partial charge in [0.2, 0.25) is 5.91 Å². The van der Waals surface area contributed by atoms with E-state index < -0.39 is 12.1 Å². The molecule has 0 saturated carbocycles. The number of esters is 1. The Bertz CT molecular complexity index is 1270. The molecule has 3 N–H and O–H groups in total. The first-order valence-electron chi connectivity index (χ1n) is 37.1. The molecule has 480 valence electrons. The minimum atomic E-state index is -0.661. The number of unbranched alkanes of at least 4 members (excludes halogenated alkanes) is 55. The Morgan fingerprint density at radius 1 is 0.346 bits per heavy atom. The van der Waals surface area contributed by atoms with E-state index in [9.17, 15) is 19.8 Å². The number of carbonyl (C=O) groups is 2. The fourth-order valence-electron chi connectivity index (χ4n) is 11.9. The number of hydrogen-bond acceptors (Lipinski definition) is 5. The number of nitrogens with one attached hydrogen (secondary N) is 1. The summed E-state index contributed by atoms with van der Waals surface area (Å²) in [5.74, 6) is -0.0184. The second-order valence-corrected chi connectivity index (χ2v) is 25.6. The van der Waals surface area contributed by atoms with Gasteiger partial charge in [-0.15, -0.1) is 0 Å². The molecular formula is C75H145NO5. The summed E-state index contributed by atoms with van der Waals surface area (Å²) < 4.78 is 5.50. The van der Waals surface area contributed by atoms with Gasteiger partial charge in [-0.05, 0) is 57.8 Å². The minimum Gasteiger partial charge on any atom is -0.466 e. The molecule has 6 nitrogen and oxygen atoms in total. The van der Waals surface area contributed by atoms with E-state index in [4.69, 9.17) is 4.74 Å². The van der Waals surface area contributed by atoms with E-state index in [1.807, 2.05) is 0 Å². The average Bonchev–Trinajstić information content (AvgIpc) is 3.47. The molecule has 0 aliphatic heterocycles. The van der Waals surface area contributed by atoms with Crippen molar-refractivity contribution in [2.24, 2.45) is 0 Å². The Labute approximate surface area is 507 Å². The van der Waals surface area contributed by atoms with Gasteiger partial charge in [-0.3, -0.25) is 9.59 Å². The van der Waals surface area contributed by atoms with Gasteiger partial charge in [0, 0.05) is 12.8 Å². The largest absolute Gasteiger partial charge is 0.466 e. The third-order valence-electron chi connectivity index (χ3n) is 17.5. The lowest BCUT2D eigenvalue weighted by Gasteiger charge is -2.22. The van der Waals surface area contributed by atoms with Gasteiger partial charge in [0.05, 0.1) is 25.4 Å². The van der Waals surface area contributed by atoms with Crippen molar-refractivity contribution in [2.45, 2.75) is 431 Å². The summed E-state index contributed by atoms with van der Waals surface area (Å²) >= 11 is 0. The Morgan fingerprint density at radius 2 is 0.617 bits per heavy atom. The molecule has 0 fully saturated rings. The first-order valence-corrected chi connectivity index (χ1v) is 37.1. The molecule has 2 atom stereocenters. The van der Waals surface area contributed by atoms with Crippen molar-refractivity contribution in [3.05, 3.63) is 24.3 Å². The van der Waals surface area contributed by atoms with Gasteiger partial charge < -0.3 is 20.3 Å². The van der Waals surface area contributed by atoms with E-state index in [1.165, 1.54) is 334 Å². The van der Waals surface area contributed by atoms with E-state index in [0.717, 1.165) is 51.4 Å². The van der Waals surface area contributed by atoms with Crippen LogP contribution in [0.2, 0.25) is 0 Å². The zero-order valence-corrected chi connectivity index (χ0v) is 55.0. The van der Waals surface area contributed by atoms with Crippen molar-refractivity contribution >= 4 is 11.9 Å². The van der Waals surface area contributed by atoms with Gasteiger partial charge >= 0.3 is 5.97 Å². The lowest BCUT2D eigenvalue weighted by molar-refractivity contribution is -0.143. The standard InChI is InChI=1S/C75H145NO5/c1-3-5-7-9-11-13-15-17-19-39-43-47-51-55-59-63-67-73(78)72(71-77)76-74(79)68-64-60-56-52-48-44-40-37-35-33-31-29-27-25-23-21-22-24-26-28-30-32-34-36-38-42-46-50-54-58-62-66-70-81-75(80)69-65-61-57-53-49-45-41-20-18-16-14-12-10-8-6-4-2/h14,16,20,41,72-73,77-78H,3-13,15,17-19,21-40,42-71H2,1-2H3,(H,76,79)/b16-14-,41-20-. The number of carbonyl (C=O) groups excluding carboxylic acids is 2. The summed E-state index contributed by atoms with van der Waals surface area (Å²) in [5, 5.41) is 23.4. The van der Waals surface area contributed by atoms with Crippen LogP contribution in [0.5, 0.6) is 0 Å². The highest BCUT2D eigenvalue weighted by Crippen LogP contribution is 2.20. The molecular weight excluding hydrogens is 995 g/mol. The van der Waals surface area contributed by atoms with E-state index in [0.29, 0.717) is 25.9 Å². The Hall–Kier alpha value is -1.66. The van der Waals surface area contributed by atoms with Crippen LogP contribution >= 0.6 is 0 Å². The summed E-state index contributed by atoms with van der Waals surface area (Å²) in [6.07, 6.45) is 89.6. The second kappa shape index (κ2) is 70.8. The Morgan fingerprint density at radius 3 is 0.951 bits per heavy atom. The summed E-state index contributed by atoms with van der Waals surface area (Å²) in [6, 6.07) is -0.538. The van der Waals surface area contributed by atoms with Gasteiger partial charge in [0.25, 0.3) is 0 Å². The van der Waals surface area contributed by atoms with Gasteiger partial charge in [-0.2, -0.15) is 0 Å². The number of rotatable bonds is 70. The van der Waals surface area contributed by atoms with Gasteiger partial charge in [-0.1, -0.05) is 372 Å². The lowest BCUT2D eigenvalue weighted by atomic mass is 10.0. The molecule has 0 rings (SSSR count). The molecule has 2 unspecified atom stereocenters. The highest BCUT2D eigenvalue weighted by molar-refractivity contribution is 5.76. The number of aliphatic hydroxyl groups is 2. The van der Waals surface area contributed by atoms with E-state index in [2.05, 4.69) is 43.5 Å². The minimum absolute atomic E-state index is 0.00843. The highest BCUT2D eigenvalue weighted by Gasteiger charge is 2.20. The van der Waals surface area contributed by atoms with Crippen molar-refractivity contribution < 1.29 is 24.5 Å². The smallest absolute Gasteiger partial charge is 0.305 e. The quantitative estimate of drug-likeness (QED) is 0.0320. The third kappa shape index (κ3) is 67.3. The molecule has 0 aromatic carbocycles. The molecule has 1 amide bonds. The van der Waals surface area contributed by atoms with Crippen LogP contribution in [0.4, 0.5) is 0 Å². The third-order valence-corrected chi connectivity index (χ3v) is 17.5. The van der Waals surface area contributed by atoms with Crippen LogP contribution in [-0.2, 0) is 14.3 Å². The molecule has 81 heavy (non-hydrogen) atoms. The van der Waals surface area contributed by atoms with Crippen LogP contribution in [-0.4, -0.2) is 47.4 Å². The average molecular weight is 1140 g/mol. The second-order valence-electron chi connectivity index (χ2n) is 25.6. The molecule has 0 aromatic heterocycles. The van der Waals surface area contributed by atoms with Crippen molar-refractivity contribution in [3.8, 4) is 0 Å². The van der Waals surface area contributed by atoms with Crippen LogP contribution in [0.15, 0.2) is 24.3 Å². The molecule has 6 heteroatoms. The predicted molar refractivity (Wildman–Crippen MR) is 356 cm³/mol. The zero-order chi connectivity index (χ0) is 58.5. The number of amides is 1. The summed E-state index contributed by atoms with van der Waals surface area (Å²) in [4.78, 5) is 24.6. The Kier molecular flexibility index (Phi) is 69.4. The van der Waals surface area contributed by atoms with Crippen LogP contribution in [0.3, 0.4) is 0 Å². The van der Waals surface area contributed by atoms with Crippen LogP contribution in [0.1, 0.15) is 418 Å². The molecule has 0 spiro atoms. The first kappa shape index (κ1) is 79.3. The number of hydrogen-bond donors (Lipinski definition) is 3. The SMILES string of the molecule is CCCCCC/C=C\C/C=C\CCCCCCCC(=O)OCCCCCCCCCCCCCCCCCCCCCCCCCCCCCCCCCCC(=O)NC(CO)C(O)CCCCCCCCCCCCCCCCCC. The van der Waals surface area contributed by atoms with Gasteiger partial charge in [0.15, 0.2) is 0 Å². The van der Waals surface area contributed by atoms with Crippen LogP contribution in [0, 0.1) is 0 Å². The van der Waals surface area contributed by atoms with Gasteiger partial charge in [-0.25, -0.2) is 0 Å². The summed E-state index contributed by atoms with van der Waals surface area (Å²) in [6.45, 7) is 4.97. The van der Waals surface area contributed by atoms with Crippen molar-refractivity contribution in [3.63, 3.8) is 0 Å². The molecule has 0 bridgehead atoms. The van der Waals surface area contributed by atoms with Crippen molar-refractivity contribution in [1.82, 2.24) is 5.32 Å². The maximum absolute atomic E-state index is 12.5.